The van der Waals surface area contributed by atoms with Crippen molar-refractivity contribution in [2.45, 2.75) is 25.6 Å². The van der Waals surface area contributed by atoms with Crippen molar-refractivity contribution in [2.24, 2.45) is 0 Å². The fourth-order valence-electron chi connectivity index (χ4n) is 1.74. The Morgan fingerprint density at radius 1 is 1.57 bits per heavy atom. The maximum Gasteiger partial charge on any atom is 0.228 e. The van der Waals surface area contributed by atoms with Crippen molar-refractivity contribution >= 4 is 23.2 Å². The molecule has 0 bridgehead atoms. The van der Waals surface area contributed by atoms with E-state index >= 15 is 0 Å². The highest BCUT2D eigenvalue weighted by Crippen LogP contribution is 2.29. The molecule has 2 heterocycles. The Bertz CT molecular complexity index is 355. The van der Waals surface area contributed by atoms with Crippen molar-refractivity contribution in [1.29, 1.82) is 0 Å². The number of halogens is 1. The Balaban J connectivity index is 2.36. The molecule has 0 aliphatic carbocycles. The molecule has 1 unspecified atom stereocenters. The van der Waals surface area contributed by atoms with Gasteiger partial charge in [-0.3, -0.25) is 4.79 Å². The summed E-state index contributed by atoms with van der Waals surface area (Å²) in [6.07, 6.45) is 0.394. The third-order valence-corrected chi connectivity index (χ3v) is 2.64. The Morgan fingerprint density at radius 3 is 2.71 bits per heavy atom. The Kier molecular flexibility index (Phi) is 2.23. The van der Waals surface area contributed by atoms with Crippen LogP contribution in [0.15, 0.2) is 4.52 Å². The summed E-state index contributed by atoms with van der Waals surface area (Å²) in [7, 11) is 0. The first-order valence-electron chi connectivity index (χ1n) is 4.47. The zero-order valence-electron chi connectivity index (χ0n) is 8.08. The molecule has 0 radical (unpaired) electrons. The van der Waals surface area contributed by atoms with Crippen LogP contribution in [0.4, 0.5) is 5.69 Å². The van der Waals surface area contributed by atoms with Gasteiger partial charge in [0.1, 0.15) is 11.4 Å². The molecule has 0 aromatic carbocycles. The molecule has 1 amide bonds. The van der Waals surface area contributed by atoms with Crippen LogP contribution in [0.25, 0.3) is 0 Å². The van der Waals surface area contributed by atoms with E-state index in [1.54, 1.807) is 11.8 Å². The number of nitrogens with zero attached hydrogens (tertiary/aromatic N) is 2. The van der Waals surface area contributed by atoms with Gasteiger partial charge in [0.05, 0.1) is 5.38 Å². The van der Waals surface area contributed by atoms with E-state index in [-0.39, 0.29) is 11.3 Å². The lowest BCUT2D eigenvalue weighted by atomic mass is 10.3. The highest BCUT2D eigenvalue weighted by Gasteiger charge is 2.32. The van der Waals surface area contributed by atoms with Gasteiger partial charge in [0.25, 0.3) is 0 Å². The second-order valence-corrected chi connectivity index (χ2v) is 4.10. The zero-order chi connectivity index (χ0) is 10.3. The van der Waals surface area contributed by atoms with E-state index < -0.39 is 0 Å². The first-order chi connectivity index (χ1) is 6.59. The van der Waals surface area contributed by atoms with E-state index in [0.717, 1.165) is 11.4 Å². The van der Waals surface area contributed by atoms with Crippen LogP contribution in [0.5, 0.6) is 0 Å². The van der Waals surface area contributed by atoms with E-state index in [9.17, 15) is 4.79 Å². The van der Waals surface area contributed by atoms with Crippen LogP contribution >= 0.6 is 11.6 Å². The maximum atomic E-state index is 11.6. The molecule has 0 spiro atoms. The van der Waals surface area contributed by atoms with Crippen molar-refractivity contribution in [3.63, 3.8) is 0 Å². The molecular weight excluding hydrogens is 204 g/mol. The number of carbonyl (C=O) groups excluding carboxylic acids is 1. The molecule has 5 heteroatoms. The number of aromatic nitrogens is 1. The van der Waals surface area contributed by atoms with E-state index in [2.05, 4.69) is 5.16 Å². The average molecular weight is 215 g/mol. The molecule has 1 fully saturated rings. The van der Waals surface area contributed by atoms with Gasteiger partial charge in [-0.15, -0.1) is 11.6 Å². The predicted octanol–water partition coefficient (Wildman–Crippen LogP) is 1.64. The number of aryl methyl sites for hydroxylation is 2. The number of anilines is 1. The number of rotatable bonds is 1. The highest BCUT2D eigenvalue weighted by atomic mass is 35.5. The smallest absolute Gasteiger partial charge is 0.228 e. The minimum atomic E-state index is -0.101. The van der Waals surface area contributed by atoms with Crippen LogP contribution < -0.4 is 4.90 Å². The van der Waals surface area contributed by atoms with Gasteiger partial charge in [0.2, 0.25) is 5.91 Å². The minimum absolute atomic E-state index is 0.0411. The van der Waals surface area contributed by atoms with Gasteiger partial charge < -0.3 is 9.42 Å². The van der Waals surface area contributed by atoms with Gasteiger partial charge in [0, 0.05) is 13.0 Å². The zero-order valence-corrected chi connectivity index (χ0v) is 8.84. The third-order valence-electron chi connectivity index (χ3n) is 2.34. The standard InChI is InChI=1S/C9H11ClN2O2/c1-5-9(6(2)14-11-5)12-4-7(10)3-8(12)13/h7H,3-4H2,1-2H3. The second-order valence-electron chi connectivity index (χ2n) is 3.48. The summed E-state index contributed by atoms with van der Waals surface area (Å²) in [4.78, 5) is 13.2. The monoisotopic (exact) mass is 214 g/mol. The molecule has 1 aliphatic rings. The van der Waals surface area contributed by atoms with Crippen molar-refractivity contribution in [2.75, 3.05) is 11.4 Å². The summed E-state index contributed by atoms with van der Waals surface area (Å²) >= 11 is 5.91. The number of carbonyl (C=O) groups is 1. The summed E-state index contributed by atoms with van der Waals surface area (Å²) in [6.45, 7) is 4.16. The molecule has 1 saturated heterocycles. The van der Waals surface area contributed by atoms with Gasteiger partial charge in [-0.1, -0.05) is 5.16 Å². The van der Waals surface area contributed by atoms with E-state index in [1.165, 1.54) is 0 Å². The lowest BCUT2D eigenvalue weighted by molar-refractivity contribution is -0.117. The first kappa shape index (κ1) is 9.52. The largest absolute Gasteiger partial charge is 0.359 e. The van der Waals surface area contributed by atoms with Crippen molar-refractivity contribution in [1.82, 2.24) is 5.16 Å². The summed E-state index contributed by atoms with van der Waals surface area (Å²) < 4.78 is 5.00. The lowest BCUT2D eigenvalue weighted by Gasteiger charge is -2.14. The topological polar surface area (TPSA) is 46.3 Å². The molecule has 14 heavy (non-hydrogen) atoms. The van der Waals surface area contributed by atoms with Gasteiger partial charge in [-0.25, -0.2) is 0 Å². The van der Waals surface area contributed by atoms with Crippen LogP contribution in [0.3, 0.4) is 0 Å². The second kappa shape index (κ2) is 3.28. The Labute approximate surface area is 86.8 Å². The number of hydrogen-bond acceptors (Lipinski definition) is 3. The number of hydrogen-bond donors (Lipinski definition) is 0. The fourth-order valence-corrected chi connectivity index (χ4v) is 2.01. The fraction of sp³-hybridized carbons (Fsp3) is 0.556. The van der Waals surface area contributed by atoms with Crippen molar-refractivity contribution < 1.29 is 9.32 Å². The van der Waals surface area contributed by atoms with E-state index in [0.29, 0.717) is 18.7 Å². The SMILES string of the molecule is Cc1noc(C)c1N1CC(Cl)CC1=O. The van der Waals surface area contributed by atoms with Crippen LogP contribution in [0, 0.1) is 13.8 Å². The highest BCUT2D eigenvalue weighted by molar-refractivity contribution is 6.24. The molecule has 1 aliphatic heterocycles. The summed E-state index contributed by atoms with van der Waals surface area (Å²) in [5.41, 5.74) is 1.51. The Morgan fingerprint density at radius 2 is 2.29 bits per heavy atom. The number of alkyl halides is 1. The molecule has 2 rings (SSSR count). The summed E-state index contributed by atoms with van der Waals surface area (Å²) in [5.74, 6) is 0.709. The van der Waals surface area contributed by atoms with Gasteiger partial charge in [-0.2, -0.15) is 0 Å². The van der Waals surface area contributed by atoms with Gasteiger partial charge in [-0.05, 0) is 13.8 Å². The number of amides is 1. The van der Waals surface area contributed by atoms with Crippen LogP contribution in [0.1, 0.15) is 17.9 Å². The lowest BCUT2D eigenvalue weighted by Crippen LogP contribution is -2.25. The molecule has 1 atom stereocenters. The summed E-state index contributed by atoms with van der Waals surface area (Å²) in [5, 5.41) is 3.71. The van der Waals surface area contributed by atoms with Gasteiger partial charge in [0.15, 0.2) is 5.76 Å². The first-order valence-corrected chi connectivity index (χ1v) is 4.90. The molecule has 4 nitrogen and oxygen atoms in total. The quantitative estimate of drug-likeness (QED) is 0.668. The molecule has 0 N–H and O–H groups in total. The van der Waals surface area contributed by atoms with Gasteiger partial charge >= 0.3 is 0 Å². The normalized spacial score (nSPS) is 22.1. The molecule has 0 saturated carbocycles. The van der Waals surface area contributed by atoms with Crippen LogP contribution in [-0.4, -0.2) is 23.0 Å². The van der Waals surface area contributed by atoms with E-state index in [1.807, 2.05) is 6.92 Å². The average Bonchev–Trinajstić information content (AvgIpc) is 2.57. The molecule has 76 valence electrons. The maximum absolute atomic E-state index is 11.6. The summed E-state index contributed by atoms with van der Waals surface area (Å²) in [6, 6.07) is 0. The van der Waals surface area contributed by atoms with Crippen molar-refractivity contribution in [3.05, 3.63) is 11.5 Å². The predicted molar refractivity (Wildman–Crippen MR) is 52.6 cm³/mol. The minimum Gasteiger partial charge on any atom is -0.359 e. The van der Waals surface area contributed by atoms with Crippen LogP contribution in [0.2, 0.25) is 0 Å². The van der Waals surface area contributed by atoms with Crippen LogP contribution in [-0.2, 0) is 4.79 Å². The third kappa shape index (κ3) is 1.39. The van der Waals surface area contributed by atoms with Crippen molar-refractivity contribution in [3.8, 4) is 0 Å². The Hall–Kier alpha value is -1.03. The van der Waals surface area contributed by atoms with E-state index in [4.69, 9.17) is 16.1 Å². The molecular formula is C9H11ClN2O2. The molecule has 1 aromatic rings. The molecule has 1 aromatic heterocycles.